The number of hydrogen-bond donors (Lipinski definition) is 2. The van der Waals surface area contributed by atoms with Gasteiger partial charge in [-0.05, 0) is 42.7 Å². The van der Waals surface area contributed by atoms with E-state index in [-0.39, 0.29) is 0 Å². The second kappa shape index (κ2) is 7.60. The first-order chi connectivity index (χ1) is 10.5. The molecule has 0 spiro atoms. The van der Waals surface area contributed by atoms with E-state index in [9.17, 15) is 5.26 Å². The minimum Gasteiger partial charge on any atom is -0.337 e. The highest BCUT2D eigenvalue weighted by Gasteiger charge is 2.25. The summed E-state index contributed by atoms with van der Waals surface area (Å²) in [4.78, 5) is 4.96. The second-order valence-corrected chi connectivity index (χ2v) is 7.11. The molecular formula is C18H30N4+2. The summed E-state index contributed by atoms with van der Waals surface area (Å²) < 4.78 is 0. The summed E-state index contributed by atoms with van der Waals surface area (Å²) in [6.45, 7) is 6.43. The quantitative estimate of drug-likeness (QED) is 0.824. The molecule has 0 amide bonds. The number of aromatic amines is 1. The molecule has 22 heavy (non-hydrogen) atoms. The van der Waals surface area contributed by atoms with E-state index in [4.69, 9.17) is 0 Å². The number of rotatable bonds is 6. The van der Waals surface area contributed by atoms with E-state index in [0.717, 1.165) is 43.7 Å². The number of hydrogen-bond acceptors (Lipinski definition) is 2. The Morgan fingerprint density at radius 3 is 2.50 bits per heavy atom. The van der Waals surface area contributed by atoms with Gasteiger partial charge < -0.3 is 4.90 Å². The van der Waals surface area contributed by atoms with Crippen LogP contribution < -0.4 is 15.2 Å². The number of nitrogens with one attached hydrogen (secondary N) is 3. The summed E-state index contributed by atoms with van der Waals surface area (Å²) in [5.74, 6) is 1.55. The van der Waals surface area contributed by atoms with Crippen molar-refractivity contribution in [3.05, 3.63) is 22.4 Å². The minimum absolute atomic E-state index is 0.620. The maximum absolute atomic E-state index is 9.64. The normalized spacial score (nSPS) is 14.0. The average molecular weight is 302 g/mol. The number of H-pyrrole nitrogens is 1. The SMILES string of the molecule is CC(C)Cc1[nH+]c(NCC[NH+](C)C)c(C#N)c2c1CCCC2. The van der Waals surface area contributed by atoms with Gasteiger partial charge >= 0.3 is 0 Å². The lowest BCUT2D eigenvalue weighted by Crippen LogP contribution is -3.06. The van der Waals surface area contributed by atoms with E-state index < -0.39 is 0 Å². The minimum atomic E-state index is 0.620. The van der Waals surface area contributed by atoms with Gasteiger partial charge in [0.25, 0.3) is 5.82 Å². The molecule has 0 aromatic carbocycles. The third-order valence-electron chi connectivity index (χ3n) is 4.31. The molecule has 1 aliphatic rings. The van der Waals surface area contributed by atoms with E-state index >= 15 is 0 Å². The van der Waals surface area contributed by atoms with E-state index in [1.807, 2.05) is 0 Å². The van der Waals surface area contributed by atoms with Gasteiger partial charge in [-0.2, -0.15) is 5.26 Å². The zero-order valence-corrected chi connectivity index (χ0v) is 14.5. The van der Waals surface area contributed by atoms with Gasteiger partial charge in [0.1, 0.15) is 30.4 Å². The van der Waals surface area contributed by atoms with Crippen molar-refractivity contribution >= 4 is 5.82 Å². The van der Waals surface area contributed by atoms with Crippen molar-refractivity contribution in [2.24, 2.45) is 5.92 Å². The fourth-order valence-corrected chi connectivity index (χ4v) is 3.23. The van der Waals surface area contributed by atoms with E-state index in [0.29, 0.717) is 5.92 Å². The van der Waals surface area contributed by atoms with Crippen molar-refractivity contribution in [3.63, 3.8) is 0 Å². The Bertz CT molecular complexity index is 555. The maximum Gasteiger partial charge on any atom is 0.291 e. The largest absolute Gasteiger partial charge is 0.337 e. The Hall–Kier alpha value is -1.60. The lowest BCUT2D eigenvalue weighted by atomic mass is 9.86. The second-order valence-electron chi connectivity index (χ2n) is 7.11. The van der Waals surface area contributed by atoms with Crippen molar-refractivity contribution in [1.82, 2.24) is 0 Å². The van der Waals surface area contributed by atoms with Crippen LogP contribution in [-0.2, 0) is 19.3 Å². The molecule has 2 rings (SSSR count). The summed E-state index contributed by atoms with van der Waals surface area (Å²) in [6, 6.07) is 2.44. The molecule has 0 radical (unpaired) electrons. The molecule has 0 saturated carbocycles. The Labute approximate surface area is 134 Å². The van der Waals surface area contributed by atoms with Gasteiger partial charge in [-0.1, -0.05) is 13.8 Å². The molecule has 0 saturated heterocycles. The number of anilines is 1. The predicted molar refractivity (Wildman–Crippen MR) is 89.1 cm³/mol. The number of quaternary nitrogens is 1. The fourth-order valence-electron chi connectivity index (χ4n) is 3.23. The maximum atomic E-state index is 9.64. The highest BCUT2D eigenvalue weighted by Crippen LogP contribution is 2.29. The van der Waals surface area contributed by atoms with Crippen LogP contribution in [0.1, 0.15) is 49.1 Å². The molecule has 120 valence electrons. The molecule has 1 aromatic rings. The summed E-state index contributed by atoms with van der Waals surface area (Å²) in [5.41, 5.74) is 4.89. The zero-order valence-electron chi connectivity index (χ0n) is 14.5. The van der Waals surface area contributed by atoms with E-state index in [1.54, 1.807) is 0 Å². The highest BCUT2D eigenvalue weighted by atomic mass is 15.1. The van der Waals surface area contributed by atoms with Crippen molar-refractivity contribution in [2.45, 2.75) is 46.0 Å². The molecule has 0 bridgehead atoms. The van der Waals surface area contributed by atoms with Crippen LogP contribution >= 0.6 is 0 Å². The van der Waals surface area contributed by atoms with Gasteiger partial charge in [0, 0.05) is 6.42 Å². The topological polar surface area (TPSA) is 54.4 Å². The van der Waals surface area contributed by atoms with Crippen LogP contribution in [0.25, 0.3) is 0 Å². The van der Waals surface area contributed by atoms with Crippen molar-refractivity contribution in [1.29, 1.82) is 5.26 Å². The third kappa shape index (κ3) is 3.98. The van der Waals surface area contributed by atoms with Gasteiger partial charge in [-0.15, -0.1) is 0 Å². The van der Waals surface area contributed by atoms with Gasteiger partial charge in [0.05, 0.1) is 14.1 Å². The van der Waals surface area contributed by atoms with Crippen LogP contribution in [0, 0.1) is 17.2 Å². The Kier molecular flexibility index (Phi) is 5.79. The molecule has 0 unspecified atom stereocenters. The van der Waals surface area contributed by atoms with Crippen LogP contribution in [0.5, 0.6) is 0 Å². The molecule has 0 fully saturated rings. The first kappa shape index (κ1) is 16.8. The van der Waals surface area contributed by atoms with Crippen LogP contribution in [-0.4, -0.2) is 27.2 Å². The lowest BCUT2D eigenvalue weighted by molar-refractivity contribution is -0.856. The molecule has 0 atom stereocenters. The van der Waals surface area contributed by atoms with Crippen LogP contribution in [0.2, 0.25) is 0 Å². The Balaban J connectivity index is 2.36. The fraction of sp³-hybridized carbons (Fsp3) is 0.667. The zero-order chi connectivity index (χ0) is 16.1. The smallest absolute Gasteiger partial charge is 0.291 e. The van der Waals surface area contributed by atoms with Crippen molar-refractivity contribution < 1.29 is 9.88 Å². The molecule has 4 nitrogen and oxygen atoms in total. The molecule has 0 aliphatic heterocycles. The summed E-state index contributed by atoms with van der Waals surface area (Å²) >= 11 is 0. The number of likely N-dealkylation sites (N-methyl/N-ethyl adjacent to an activating group) is 1. The number of nitrogens with zero attached hydrogens (tertiary/aromatic N) is 1. The number of pyridine rings is 1. The van der Waals surface area contributed by atoms with Gasteiger partial charge in [0.2, 0.25) is 0 Å². The van der Waals surface area contributed by atoms with Gasteiger partial charge in [0.15, 0.2) is 0 Å². The Morgan fingerprint density at radius 2 is 1.91 bits per heavy atom. The molecule has 1 aliphatic carbocycles. The third-order valence-corrected chi connectivity index (χ3v) is 4.31. The number of aromatic nitrogens is 1. The first-order valence-electron chi connectivity index (χ1n) is 8.55. The van der Waals surface area contributed by atoms with Crippen LogP contribution in [0.15, 0.2) is 0 Å². The summed E-state index contributed by atoms with van der Waals surface area (Å²) in [6.07, 6.45) is 5.67. The predicted octanol–water partition coefficient (Wildman–Crippen LogP) is 1.01. The molecule has 3 N–H and O–H groups in total. The number of nitriles is 1. The first-order valence-corrected chi connectivity index (χ1v) is 8.55. The summed E-state index contributed by atoms with van der Waals surface area (Å²) in [7, 11) is 4.29. The molecule has 4 heteroatoms. The Morgan fingerprint density at radius 1 is 1.23 bits per heavy atom. The highest BCUT2D eigenvalue weighted by molar-refractivity contribution is 5.56. The van der Waals surface area contributed by atoms with Crippen LogP contribution in [0.3, 0.4) is 0 Å². The average Bonchev–Trinajstić information content (AvgIpc) is 2.46. The summed E-state index contributed by atoms with van der Waals surface area (Å²) in [5, 5.41) is 13.1. The lowest BCUT2D eigenvalue weighted by Gasteiger charge is -2.20. The molecular weight excluding hydrogens is 272 g/mol. The van der Waals surface area contributed by atoms with Crippen molar-refractivity contribution in [2.75, 3.05) is 32.5 Å². The monoisotopic (exact) mass is 302 g/mol. The van der Waals surface area contributed by atoms with Crippen LogP contribution in [0.4, 0.5) is 5.82 Å². The standard InChI is InChI=1S/C18H28N4/c1-13(2)11-17-15-8-6-5-7-14(15)16(12-19)18(21-17)20-9-10-22(3)4/h13H,5-11H2,1-4H3,(H,20,21)/p+2. The van der Waals surface area contributed by atoms with E-state index in [1.165, 1.54) is 34.6 Å². The van der Waals surface area contributed by atoms with Gasteiger partial charge in [-0.3, -0.25) is 5.32 Å². The molecule has 1 aromatic heterocycles. The van der Waals surface area contributed by atoms with Crippen molar-refractivity contribution in [3.8, 4) is 6.07 Å². The van der Waals surface area contributed by atoms with E-state index in [2.05, 4.69) is 44.3 Å². The molecule has 1 heterocycles. The van der Waals surface area contributed by atoms with Gasteiger partial charge in [-0.25, -0.2) is 4.98 Å². The number of fused-ring (bicyclic) bond motifs is 1.